The zero-order valence-corrected chi connectivity index (χ0v) is 17.7. The van der Waals surface area contributed by atoms with E-state index < -0.39 is 7.60 Å². The average Bonchev–Trinajstić information content (AvgIpc) is 2.73. The van der Waals surface area contributed by atoms with Crippen LogP contribution in [0.25, 0.3) is 0 Å². The van der Waals surface area contributed by atoms with Crippen molar-refractivity contribution in [3.8, 4) is 0 Å². The molecule has 5 heteroatoms. The molecular formula is C18H27O3PSe. The first-order chi connectivity index (χ1) is 10.5. The first-order valence-corrected chi connectivity index (χ1v) is 11.1. The van der Waals surface area contributed by atoms with E-state index in [9.17, 15) is 4.57 Å². The van der Waals surface area contributed by atoms with Crippen molar-refractivity contribution < 1.29 is 13.6 Å². The molecule has 0 saturated carbocycles. The quantitative estimate of drug-likeness (QED) is 0.550. The van der Waals surface area contributed by atoms with Crippen molar-refractivity contribution in [2.24, 2.45) is 10.8 Å². The van der Waals surface area contributed by atoms with E-state index in [1.807, 2.05) is 18.2 Å². The summed E-state index contributed by atoms with van der Waals surface area (Å²) in [6.07, 6.45) is -0.178. The van der Waals surface area contributed by atoms with Crippen LogP contribution in [0, 0.1) is 10.8 Å². The van der Waals surface area contributed by atoms with Crippen LogP contribution in [0.1, 0.15) is 41.5 Å². The summed E-state index contributed by atoms with van der Waals surface area (Å²) in [4.78, 5) is 0. The molecule has 1 heterocycles. The van der Waals surface area contributed by atoms with Gasteiger partial charge in [0.15, 0.2) is 0 Å². The Morgan fingerprint density at radius 1 is 1.09 bits per heavy atom. The zero-order chi connectivity index (χ0) is 17.5. The van der Waals surface area contributed by atoms with Gasteiger partial charge in [-0.15, -0.1) is 0 Å². The van der Waals surface area contributed by atoms with Gasteiger partial charge in [-0.1, -0.05) is 0 Å². The SMILES string of the molecule is CO[P@@]1(=O)O[C@@H](C(C)(C)C)C([Se]c2ccccc2)=C1C(C)(C)C. The van der Waals surface area contributed by atoms with E-state index in [1.165, 1.54) is 16.0 Å². The van der Waals surface area contributed by atoms with Crippen LogP contribution in [0.3, 0.4) is 0 Å². The van der Waals surface area contributed by atoms with E-state index in [0.29, 0.717) is 0 Å². The van der Waals surface area contributed by atoms with E-state index in [-0.39, 0.29) is 31.9 Å². The Balaban J connectivity index is 2.62. The third-order valence-electron chi connectivity index (χ3n) is 3.70. The number of rotatable bonds is 3. The standard InChI is InChI=1S/C18H27O3PSe/c1-17(2,3)15-14(23-13-11-9-8-10-12-13)16(18(4,5)6)22(19,20-7)21-15/h8-12,15H,1-7H3/t15-,22-/m1/s1. The normalized spacial score (nSPS) is 26.0. The van der Waals surface area contributed by atoms with Crippen LogP contribution in [0.2, 0.25) is 0 Å². The van der Waals surface area contributed by atoms with Crippen LogP contribution in [0.4, 0.5) is 0 Å². The van der Waals surface area contributed by atoms with Crippen molar-refractivity contribution in [1.29, 1.82) is 0 Å². The molecule has 0 unspecified atom stereocenters. The fraction of sp³-hybridized carbons (Fsp3) is 0.556. The maximum absolute atomic E-state index is 13.3. The van der Waals surface area contributed by atoms with E-state index in [2.05, 4.69) is 53.7 Å². The molecule has 128 valence electrons. The molecule has 1 aromatic carbocycles. The van der Waals surface area contributed by atoms with Crippen LogP contribution in [0.15, 0.2) is 40.1 Å². The van der Waals surface area contributed by atoms with Gasteiger partial charge in [-0.2, -0.15) is 0 Å². The van der Waals surface area contributed by atoms with Crippen LogP contribution in [-0.2, 0) is 13.6 Å². The topological polar surface area (TPSA) is 35.5 Å². The summed E-state index contributed by atoms with van der Waals surface area (Å²) >= 11 is 0.0620. The summed E-state index contributed by atoms with van der Waals surface area (Å²) in [6, 6.07) is 10.4. The van der Waals surface area contributed by atoms with Crippen LogP contribution in [-0.4, -0.2) is 28.2 Å². The van der Waals surface area contributed by atoms with Gasteiger partial charge in [0.2, 0.25) is 0 Å². The number of hydrogen-bond donors (Lipinski definition) is 0. The Kier molecular flexibility index (Phi) is 5.36. The number of benzene rings is 1. The van der Waals surface area contributed by atoms with Gasteiger partial charge in [-0.05, 0) is 0 Å². The Labute approximate surface area is 146 Å². The van der Waals surface area contributed by atoms with Crippen molar-refractivity contribution >= 4 is 27.0 Å². The molecule has 1 aliphatic heterocycles. The molecular weight excluding hydrogens is 374 g/mol. The Bertz CT molecular complexity index is 638. The predicted octanol–water partition coefficient (Wildman–Crippen LogP) is 4.56. The molecule has 1 aromatic rings. The molecule has 23 heavy (non-hydrogen) atoms. The van der Waals surface area contributed by atoms with Crippen LogP contribution < -0.4 is 4.46 Å². The molecule has 0 fully saturated rings. The van der Waals surface area contributed by atoms with Gasteiger partial charge in [0.05, 0.1) is 0 Å². The van der Waals surface area contributed by atoms with Crippen molar-refractivity contribution in [3.63, 3.8) is 0 Å². The number of hydrogen-bond acceptors (Lipinski definition) is 3. The molecule has 1 aliphatic rings. The summed E-state index contributed by atoms with van der Waals surface area (Å²) in [7, 11) is -1.74. The fourth-order valence-electron chi connectivity index (χ4n) is 2.68. The van der Waals surface area contributed by atoms with Gasteiger partial charge in [-0.3, -0.25) is 0 Å². The number of allylic oxidation sites excluding steroid dienone is 1. The molecule has 2 rings (SSSR count). The molecule has 0 aromatic heterocycles. The van der Waals surface area contributed by atoms with E-state index in [0.717, 1.165) is 5.31 Å². The molecule has 0 N–H and O–H groups in total. The minimum absolute atomic E-state index is 0.0620. The summed E-state index contributed by atoms with van der Waals surface area (Å²) in [5, 5.41) is 0.872. The van der Waals surface area contributed by atoms with Crippen molar-refractivity contribution in [1.82, 2.24) is 0 Å². The van der Waals surface area contributed by atoms with E-state index >= 15 is 0 Å². The van der Waals surface area contributed by atoms with Gasteiger partial charge < -0.3 is 0 Å². The minimum atomic E-state index is -3.23. The third kappa shape index (κ3) is 4.00. The predicted molar refractivity (Wildman–Crippen MR) is 97.3 cm³/mol. The molecule has 2 atom stereocenters. The van der Waals surface area contributed by atoms with Crippen molar-refractivity contribution in [2.75, 3.05) is 7.11 Å². The summed E-state index contributed by atoms with van der Waals surface area (Å²) in [6.45, 7) is 12.6. The monoisotopic (exact) mass is 402 g/mol. The first-order valence-electron chi connectivity index (χ1n) is 7.81. The van der Waals surface area contributed by atoms with Crippen molar-refractivity contribution in [3.05, 3.63) is 40.1 Å². The molecule has 0 amide bonds. The third-order valence-corrected chi connectivity index (χ3v) is 8.87. The average molecular weight is 401 g/mol. The Morgan fingerprint density at radius 3 is 2.09 bits per heavy atom. The second-order valence-corrected chi connectivity index (χ2v) is 12.3. The van der Waals surface area contributed by atoms with Gasteiger partial charge in [0.25, 0.3) is 0 Å². The second kappa shape index (κ2) is 6.50. The van der Waals surface area contributed by atoms with Gasteiger partial charge in [0, 0.05) is 0 Å². The first kappa shape index (κ1) is 19.0. The Hall–Kier alpha value is -0.371. The molecule has 0 bridgehead atoms. The summed E-state index contributed by atoms with van der Waals surface area (Å²) < 4.78 is 27.2. The second-order valence-electron chi connectivity index (χ2n) is 7.91. The summed E-state index contributed by atoms with van der Waals surface area (Å²) in [5.74, 6) is 0. The van der Waals surface area contributed by atoms with Crippen LogP contribution in [0.5, 0.6) is 0 Å². The van der Waals surface area contributed by atoms with Crippen molar-refractivity contribution in [2.45, 2.75) is 47.6 Å². The van der Waals surface area contributed by atoms with Crippen LogP contribution >= 0.6 is 7.60 Å². The molecule has 3 nitrogen and oxygen atoms in total. The van der Waals surface area contributed by atoms with Gasteiger partial charge in [-0.25, -0.2) is 0 Å². The van der Waals surface area contributed by atoms with Gasteiger partial charge in [0.1, 0.15) is 0 Å². The maximum atomic E-state index is 13.3. The summed E-state index contributed by atoms with van der Waals surface area (Å²) in [5.41, 5.74) is -0.384. The van der Waals surface area contributed by atoms with Gasteiger partial charge >= 0.3 is 146 Å². The van der Waals surface area contributed by atoms with E-state index in [1.54, 1.807) is 0 Å². The Morgan fingerprint density at radius 2 is 1.65 bits per heavy atom. The molecule has 0 aliphatic carbocycles. The fourth-order valence-corrected chi connectivity index (χ4v) is 9.13. The molecule has 0 radical (unpaired) electrons. The van der Waals surface area contributed by atoms with E-state index in [4.69, 9.17) is 9.05 Å². The zero-order valence-electron chi connectivity index (χ0n) is 15.0. The molecule has 0 spiro atoms. The molecule has 0 saturated heterocycles.